The molecule has 1 unspecified atom stereocenters. The zero-order chi connectivity index (χ0) is 25.5. The van der Waals surface area contributed by atoms with Gasteiger partial charge in [-0.1, -0.05) is 12.1 Å². The normalized spacial score (nSPS) is 17.3. The van der Waals surface area contributed by atoms with Gasteiger partial charge in [-0.25, -0.2) is 0 Å². The third kappa shape index (κ3) is 5.80. The van der Waals surface area contributed by atoms with E-state index in [1.807, 2.05) is 21.9 Å². The van der Waals surface area contributed by atoms with Gasteiger partial charge in [-0.3, -0.25) is 14.4 Å². The highest BCUT2D eigenvalue weighted by Crippen LogP contribution is 2.27. The van der Waals surface area contributed by atoms with Crippen LogP contribution >= 0.6 is 0 Å². The Kier molecular flexibility index (Phi) is 8.46. The van der Waals surface area contributed by atoms with E-state index < -0.39 is 6.04 Å². The highest BCUT2D eigenvalue weighted by Gasteiger charge is 2.37. The van der Waals surface area contributed by atoms with Crippen LogP contribution in [0.5, 0.6) is 11.5 Å². The van der Waals surface area contributed by atoms with Crippen LogP contribution in [0.25, 0.3) is 0 Å². The molecule has 2 aliphatic rings. The lowest BCUT2D eigenvalue weighted by Crippen LogP contribution is -2.55. The second-order valence-corrected chi connectivity index (χ2v) is 9.40. The van der Waals surface area contributed by atoms with Gasteiger partial charge in [0.15, 0.2) is 0 Å². The zero-order valence-corrected chi connectivity index (χ0v) is 21.1. The first-order chi connectivity index (χ1) is 17.5. The van der Waals surface area contributed by atoms with E-state index >= 15 is 0 Å². The third-order valence-corrected chi connectivity index (χ3v) is 7.21. The summed E-state index contributed by atoms with van der Waals surface area (Å²) in [5, 5.41) is 3.04. The quantitative estimate of drug-likeness (QED) is 0.639. The van der Waals surface area contributed by atoms with Gasteiger partial charge in [0.25, 0.3) is 11.8 Å². The minimum atomic E-state index is -0.624. The summed E-state index contributed by atoms with van der Waals surface area (Å²) in [5.41, 5.74) is 1.02. The highest BCUT2D eigenvalue weighted by molar-refractivity contribution is 5.98. The molecule has 1 atom stereocenters. The fourth-order valence-electron chi connectivity index (χ4n) is 5.09. The summed E-state index contributed by atoms with van der Waals surface area (Å²) in [6.45, 7) is 2.48. The van der Waals surface area contributed by atoms with Crippen LogP contribution < -0.4 is 14.8 Å². The fraction of sp³-hybridized carbons (Fsp3) is 0.464. The van der Waals surface area contributed by atoms with E-state index in [0.29, 0.717) is 48.6 Å². The molecule has 8 nitrogen and oxygen atoms in total. The summed E-state index contributed by atoms with van der Waals surface area (Å²) < 4.78 is 10.5. The van der Waals surface area contributed by atoms with Crippen molar-refractivity contribution in [2.24, 2.45) is 5.92 Å². The SMILES string of the molecule is COc1ccc(C(=O)NC(C(=O)N2CCCCC2)C2CCN(C(=O)c3ccccc3OC)CC2)cc1. The van der Waals surface area contributed by atoms with Gasteiger partial charge >= 0.3 is 0 Å². The summed E-state index contributed by atoms with van der Waals surface area (Å²) in [6, 6.07) is 13.5. The summed E-state index contributed by atoms with van der Waals surface area (Å²) in [7, 11) is 3.13. The average molecular weight is 494 g/mol. The number of hydrogen-bond acceptors (Lipinski definition) is 5. The van der Waals surface area contributed by atoms with Gasteiger partial charge in [0.05, 0.1) is 19.8 Å². The summed E-state index contributed by atoms with van der Waals surface area (Å²) in [6.07, 6.45) is 4.35. The van der Waals surface area contributed by atoms with E-state index in [4.69, 9.17) is 9.47 Å². The molecule has 8 heteroatoms. The van der Waals surface area contributed by atoms with Crippen molar-refractivity contribution in [1.29, 1.82) is 0 Å². The van der Waals surface area contributed by atoms with Crippen LogP contribution in [0, 0.1) is 5.92 Å². The van der Waals surface area contributed by atoms with E-state index in [1.54, 1.807) is 50.6 Å². The Morgan fingerprint density at radius 2 is 1.50 bits per heavy atom. The second kappa shape index (κ2) is 11.9. The average Bonchev–Trinajstić information content (AvgIpc) is 2.95. The number of ether oxygens (including phenoxy) is 2. The number of likely N-dealkylation sites (tertiary alicyclic amines) is 2. The van der Waals surface area contributed by atoms with Crippen molar-refractivity contribution < 1.29 is 23.9 Å². The number of nitrogens with one attached hydrogen (secondary N) is 1. The predicted molar refractivity (Wildman–Crippen MR) is 136 cm³/mol. The van der Waals surface area contributed by atoms with Crippen LogP contribution in [-0.4, -0.2) is 74.0 Å². The van der Waals surface area contributed by atoms with E-state index in [1.165, 1.54) is 0 Å². The molecule has 0 bridgehead atoms. The van der Waals surface area contributed by atoms with Gasteiger partial charge in [-0.05, 0) is 74.4 Å². The minimum Gasteiger partial charge on any atom is -0.497 e. The number of rotatable bonds is 7. The molecule has 2 fully saturated rings. The van der Waals surface area contributed by atoms with Crippen molar-refractivity contribution >= 4 is 17.7 Å². The number of methoxy groups -OCH3 is 2. The maximum absolute atomic E-state index is 13.6. The Labute approximate surface area is 212 Å². The van der Waals surface area contributed by atoms with E-state index in [-0.39, 0.29) is 23.6 Å². The number of piperidine rings is 2. The monoisotopic (exact) mass is 493 g/mol. The maximum atomic E-state index is 13.6. The van der Waals surface area contributed by atoms with Crippen molar-refractivity contribution in [3.63, 3.8) is 0 Å². The van der Waals surface area contributed by atoms with E-state index in [2.05, 4.69) is 5.32 Å². The topological polar surface area (TPSA) is 88.2 Å². The summed E-state index contributed by atoms with van der Waals surface area (Å²) in [5.74, 6) is 0.788. The fourth-order valence-corrected chi connectivity index (χ4v) is 5.09. The molecule has 192 valence electrons. The Morgan fingerprint density at radius 1 is 0.833 bits per heavy atom. The molecule has 0 aliphatic carbocycles. The van der Waals surface area contributed by atoms with Crippen molar-refractivity contribution in [2.45, 2.75) is 38.1 Å². The lowest BCUT2D eigenvalue weighted by Gasteiger charge is -2.38. The van der Waals surface area contributed by atoms with Crippen LogP contribution in [0.4, 0.5) is 0 Å². The Hall–Kier alpha value is -3.55. The molecule has 2 aromatic rings. The first kappa shape index (κ1) is 25.5. The summed E-state index contributed by atoms with van der Waals surface area (Å²) >= 11 is 0. The van der Waals surface area contributed by atoms with Crippen LogP contribution in [0.1, 0.15) is 52.8 Å². The van der Waals surface area contributed by atoms with Crippen LogP contribution in [0.15, 0.2) is 48.5 Å². The summed E-state index contributed by atoms with van der Waals surface area (Å²) in [4.78, 5) is 43.5. The zero-order valence-electron chi connectivity index (χ0n) is 21.1. The molecule has 4 rings (SSSR count). The van der Waals surface area contributed by atoms with Crippen molar-refractivity contribution in [2.75, 3.05) is 40.4 Å². The lowest BCUT2D eigenvalue weighted by molar-refractivity contribution is -0.136. The van der Waals surface area contributed by atoms with Gasteiger partial charge < -0.3 is 24.6 Å². The largest absolute Gasteiger partial charge is 0.497 e. The number of carbonyl (C=O) groups is 3. The lowest BCUT2D eigenvalue weighted by atomic mass is 9.87. The van der Waals surface area contributed by atoms with Crippen molar-refractivity contribution in [1.82, 2.24) is 15.1 Å². The van der Waals surface area contributed by atoms with Gasteiger partial charge in [-0.2, -0.15) is 0 Å². The van der Waals surface area contributed by atoms with Crippen molar-refractivity contribution in [3.05, 3.63) is 59.7 Å². The van der Waals surface area contributed by atoms with Crippen LogP contribution in [0.3, 0.4) is 0 Å². The van der Waals surface area contributed by atoms with Gasteiger partial charge in [-0.15, -0.1) is 0 Å². The highest BCUT2D eigenvalue weighted by atomic mass is 16.5. The Morgan fingerprint density at radius 3 is 2.14 bits per heavy atom. The smallest absolute Gasteiger partial charge is 0.257 e. The molecule has 3 amide bonds. The molecule has 2 heterocycles. The molecule has 0 spiro atoms. The third-order valence-electron chi connectivity index (χ3n) is 7.21. The molecule has 2 saturated heterocycles. The number of carbonyl (C=O) groups excluding carboxylic acids is 3. The number of nitrogens with zero attached hydrogens (tertiary/aromatic N) is 2. The Balaban J connectivity index is 1.47. The molecule has 0 radical (unpaired) electrons. The molecule has 1 N–H and O–H groups in total. The van der Waals surface area contributed by atoms with Crippen LogP contribution in [-0.2, 0) is 4.79 Å². The Bertz CT molecular complexity index is 1060. The number of benzene rings is 2. The van der Waals surface area contributed by atoms with E-state index in [0.717, 1.165) is 32.4 Å². The standard InChI is InChI=1S/C28H35N3O5/c1-35-22-12-10-21(11-13-22)26(32)29-25(28(34)30-16-6-3-7-17-30)20-14-18-31(19-15-20)27(33)23-8-4-5-9-24(23)36-2/h4-5,8-13,20,25H,3,6-7,14-19H2,1-2H3,(H,29,32). The predicted octanol–water partition coefficient (Wildman–Crippen LogP) is 3.37. The first-order valence-electron chi connectivity index (χ1n) is 12.7. The molecular weight excluding hydrogens is 458 g/mol. The number of amides is 3. The van der Waals surface area contributed by atoms with Gasteiger partial charge in [0, 0.05) is 31.7 Å². The number of hydrogen-bond donors (Lipinski definition) is 1. The molecule has 2 aliphatic heterocycles. The number of para-hydroxylation sites is 1. The van der Waals surface area contributed by atoms with Gasteiger partial charge in [0.2, 0.25) is 5.91 Å². The molecular formula is C28H35N3O5. The van der Waals surface area contributed by atoms with Crippen molar-refractivity contribution in [3.8, 4) is 11.5 Å². The molecule has 36 heavy (non-hydrogen) atoms. The van der Waals surface area contributed by atoms with E-state index in [9.17, 15) is 14.4 Å². The van der Waals surface area contributed by atoms with Gasteiger partial charge in [0.1, 0.15) is 17.5 Å². The first-order valence-corrected chi connectivity index (χ1v) is 12.7. The molecule has 0 aromatic heterocycles. The molecule has 0 saturated carbocycles. The maximum Gasteiger partial charge on any atom is 0.257 e. The minimum absolute atomic E-state index is 0.0222. The van der Waals surface area contributed by atoms with Crippen LogP contribution in [0.2, 0.25) is 0 Å². The molecule has 2 aromatic carbocycles. The second-order valence-electron chi connectivity index (χ2n) is 9.40.